The maximum atomic E-state index is 14.4. The van der Waals surface area contributed by atoms with Crippen molar-refractivity contribution < 1.29 is 117 Å². The van der Waals surface area contributed by atoms with Crippen molar-refractivity contribution in [1.29, 1.82) is 0 Å². The van der Waals surface area contributed by atoms with Crippen molar-refractivity contribution in [2.24, 2.45) is 5.92 Å². The lowest BCUT2D eigenvalue weighted by atomic mass is 9.84. The Kier molecular flexibility index (Phi) is 54.4. The van der Waals surface area contributed by atoms with Gasteiger partial charge in [0, 0.05) is 19.3 Å². The van der Waals surface area contributed by atoms with Gasteiger partial charge in [-0.05, 0) is 25.2 Å². The molecular weight excluding hydrogens is 1350 g/mol. The van der Waals surface area contributed by atoms with E-state index in [2.05, 4.69) is 27.7 Å². The molecule has 2 heterocycles. The molecule has 19 unspecified atom stereocenters. The minimum atomic E-state index is -5.70. The summed E-state index contributed by atoms with van der Waals surface area (Å²) >= 11 is 0. The van der Waals surface area contributed by atoms with Gasteiger partial charge in [0.15, 0.2) is 18.7 Å². The Balaban J connectivity index is 1.70. The minimum Gasteiger partial charge on any atom is -0.463 e. The lowest BCUT2D eigenvalue weighted by Gasteiger charge is -2.49. The molecule has 24 nitrogen and oxygen atoms in total. The number of carbonyl (C=O) groups is 3. The van der Waals surface area contributed by atoms with E-state index < -0.39 is 156 Å². The van der Waals surface area contributed by atoms with E-state index in [4.69, 9.17) is 42.2 Å². The topological polar surface area (TPSA) is 374 Å². The number of phosphoric ester groups is 1. The van der Waals surface area contributed by atoms with Crippen LogP contribution >= 0.6 is 7.82 Å². The first-order valence-electron chi connectivity index (χ1n) is 41.2. The number of aliphatic hydroxyl groups is 10. The Hall–Kier alpha value is -2.04. The van der Waals surface area contributed by atoms with Crippen LogP contribution in [0.15, 0.2) is 0 Å². The van der Waals surface area contributed by atoms with Crippen molar-refractivity contribution in [2.75, 3.05) is 26.4 Å². The smallest absolute Gasteiger partial charge is 0.463 e. The van der Waals surface area contributed by atoms with Crippen molar-refractivity contribution in [2.45, 2.75) is 446 Å². The molecule has 3 aliphatic rings. The summed E-state index contributed by atoms with van der Waals surface area (Å²) in [7, 11) is -5.70. The molecule has 608 valence electrons. The van der Waals surface area contributed by atoms with Crippen LogP contribution in [-0.4, -0.2) is 204 Å². The van der Waals surface area contributed by atoms with Crippen LogP contribution in [0.25, 0.3) is 0 Å². The average molecular weight is 1500 g/mol. The number of esters is 3. The largest absolute Gasteiger partial charge is 0.472 e. The fourth-order valence-corrected chi connectivity index (χ4v) is 15.0. The van der Waals surface area contributed by atoms with E-state index in [1.54, 1.807) is 0 Å². The summed E-state index contributed by atoms with van der Waals surface area (Å²) in [6.07, 6.45) is 17.1. The summed E-state index contributed by atoms with van der Waals surface area (Å²) in [5.41, 5.74) is 0. The summed E-state index contributed by atoms with van der Waals surface area (Å²) in [5, 5.41) is 110. The van der Waals surface area contributed by atoms with E-state index in [0.29, 0.717) is 25.2 Å². The highest BCUT2D eigenvalue weighted by atomic mass is 31.2. The average Bonchev–Trinajstić information content (AvgIpc) is 0.763. The Morgan fingerprint density at radius 3 is 1.05 bits per heavy atom. The van der Waals surface area contributed by atoms with Gasteiger partial charge in [0.25, 0.3) is 0 Å². The lowest BCUT2D eigenvalue weighted by Crippen LogP contribution is -2.69. The van der Waals surface area contributed by atoms with E-state index in [-0.39, 0.29) is 19.3 Å². The van der Waals surface area contributed by atoms with Crippen LogP contribution in [0.5, 0.6) is 0 Å². The Morgan fingerprint density at radius 1 is 0.369 bits per heavy atom. The van der Waals surface area contributed by atoms with Crippen LogP contribution in [0.4, 0.5) is 0 Å². The normalized spacial score (nSPS) is 27.1. The maximum Gasteiger partial charge on any atom is 0.472 e. The minimum absolute atomic E-state index is 0.0339. The van der Waals surface area contributed by atoms with Gasteiger partial charge in [-0.15, -0.1) is 0 Å². The Labute approximate surface area is 619 Å². The van der Waals surface area contributed by atoms with Crippen LogP contribution in [-0.2, 0) is 61.2 Å². The number of ether oxygens (including phenoxy) is 7. The van der Waals surface area contributed by atoms with Gasteiger partial charge in [0.1, 0.15) is 98.7 Å². The summed E-state index contributed by atoms with van der Waals surface area (Å²) < 4.78 is 65.3. The fourth-order valence-electron chi connectivity index (χ4n) is 14.0. The van der Waals surface area contributed by atoms with Crippen LogP contribution in [0.1, 0.15) is 342 Å². The van der Waals surface area contributed by atoms with Crippen LogP contribution in [0.3, 0.4) is 0 Å². The van der Waals surface area contributed by atoms with Gasteiger partial charge in [-0.3, -0.25) is 23.4 Å². The summed E-state index contributed by atoms with van der Waals surface area (Å²) in [6, 6.07) is 0. The van der Waals surface area contributed by atoms with Gasteiger partial charge in [-0.1, -0.05) is 304 Å². The second kappa shape index (κ2) is 58.9. The van der Waals surface area contributed by atoms with E-state index >= 15 is 0 Å². The molecule has 2 saturated heterocycles. The van der Waals surface area contributed by atoms with Crippen molar-refractivity contribution >= 4 is 25.7 Å². The van der Waals surface area contributed by atoms with Gasteiger partial charge in [-0.25, -0.2) is 4.57 Å². The maximum absolute atomic E-state index is 14.4. The molecule has 0 aromatic carbocycles. The van der Waals surface area contributed by atoms with Gasteiger partial charge in [0.2, 0.25) is 0 Å². The lowest BCUT2D eigenvalue weighted by molar-refractivity contribution is -0.360. The highest BCUT2D eigenvalue weighted by Crippen LogP contribution is 2.49. The van der Waals surface area contributed by atoms with Crippen molar-refractivity contribution in [3.05, 3.63) is 0 Å². The summed E-state index contributed by atoms with van der Waals surface area (Å²) in [4.78, 5) is 51.2. The van der Waals surface area contributed by atoms with Gasteiger partial charge >= 0.3 is 25.7 Å². The predicted molar refractivity (Wildman–Crippen MR) is 393 cm³/mol. The van der Waals surface area contributed by atoms with Crippen LogP contribution in [0.2, 0.25) is 0 Å². The zero-order valence-electron chi connectivity index (χ0n) is 64.0. The molecule has 0 aromatic rings. The molecule has 1 aliphatic carbocycles. The van der Waals surface area contributed by atoms with Crippen molar-refractivity contribution in [3.8, 4) is 0 Å². The van der Waals surface area contributed by atoms with Crippen LogP contribution in [0, 0.1) is 5.92 Å². The quantitative estimate of drug-likeness (QED) is 0.0117. The van der Waals surface area contributed by atoms with Gasteiger partial charge in [0.05, 0.1) is 13.2 Å². The number of aliphatic hydroxyl groups excluding tert-OH is 10. The number of carbonyl (C=O) groups excluding carboxylic acids is 3. The molecule has 3 rings (SSSR count). The third-order valence-corrected chi connectivity index (χ3v) is 21.8. The molecule has 103 heavy (non-hydrogen) atoms. The molecule has 19 atom stereocenters. The van der Waals surface area contributed by atoms with E-state index in [9.17, 15) is 74.9 Å². The van der Waals surface area contributed by atoms with Crippen molar-refractivity contribution in [1.82, 2.24) is 0 Å². The first-order valence-corrected chi connectivity index (χ1v) is 42.7. The van der Waals surface area contributed by atoms with Crippen LogP contribution < -0.4 is 0 Å². The number of rotatable bonds is 65. The molecule has 11 N–H and O–H groups in total. The second-order valence-corrected chi connectivity index (χ2v) is 31.5. The van der Waals surface area contributed by atoms with Crippen molar-refractivity contribution in [3.63, 3.8) is 0 Å². The number of phosphoric acid groups is 1. The molecule has 25 heteroatoms. The molecule has 1 saturated carbocycles. The standard InChI is InChI=1S/C78H147O24P/c1-5-8-11-14-17-19-21-23-25-26-28-30-32-34-36-42-47-52-63(81)95-57-61-66(84)68(86)73(91)78(99-61)101-75-71(89)69(87)70(88)74(100-77-72(90)67(85)65(83)60(54-79)98-77)76(75)102-103(92,93)96-56-59(55-94-62(80)51-46-41-35-33-31-29-27-24-22-20-18-15-12-9-6-2)97-64(82)53-48-43-38-37-40-45-50-58(4)49-44-39-16-13-10-7-3/h58-61,65-79,83-91H,5-57H2,1-4H3,(H,92,93). The molecule has 2 aliphatic heterocycles. The Morgan fingerprint density at radius 2 is 0.680 bits per heavy atom. The fraction of sp³-hybridized carbons (Fsp3) is 0.962. The first-order chi connectivity index (χ1) is 49.7. The number of hydrogen-bond donors (Lipinski definition) is 11. The molecule has 0 bridgehead atoms. The second-order valence-electron chi connectivity index (χ2n) is 30.1. The molecular formula is C78H147O24P. The molecule has 3 fully saturated rings. The van der Waals surface area contributed by atoms with Gasteiger partial charge in [-0.2, -0.15) is 0 Å². The molecule has 0 aromatic heterocycles. The SMILES string of the molecule is CCCCCCCCCCCCCCCCCCCC(=O)OCC1OC(OC2C(O)C(O)C(O)C(OC3OC(CO)C(O)C(O)C3O)C2OP(=O)(O)OCC(COC(=O)CCCCCCCCCCCCCCCCC)OC(=O)CCCCCCCCC(C)CCCCCCCC)C(O)C(O)C1O. The predicted octanol–water partition coefficient (Wildman–Crippen LogP) is 12.8. The highest BCUT2D eigenvalue weighted by Gasteiger charge is 2.58. The zero-order valence-corrected chi connectivity index (χ0v) is 64.9. The van der Waals surface area contributed by atoms with E-state index in [1.165, 1.54) is 186 Å². The summed E-state index contributed by atoms with van der Waals surface area (Å²) in [5.74, 6) is -1.29. The zero-order chi connectivity index (χ0) is 75.5. The molecule has 0 spiro atoms. The third-order valence-electron chi connectivity index (χ3n) is 20.8. The monoisotopic (exact) mass is 1500 g/mol. The highest BCUT2D eigenvalue weighted by molar-refractivity contribution is 7.47. The third kappa shape index (κ3) is 41.5. The Bertz CT molecular complexity index is 2130. The van der Waals surface area contributed by atoms with Gasteiger partial charge < -0.3 is 89.1 Å². The van der Waals surface area contributed by atoms with E-state index in [1.807, 2.05) is 0 Å². The number of hydrogen-bond acceptors (Lipinski definition) is 23. The van der Waals surface area contributed by atoms with E-state index in [0.717, 1.165) is 89.9 Å². The summed E-state index contributed by atoms with van der Waals surface area (Å²) in [6.45, 7) is 5.83. The molecule has 0 amide bonds. The first kappa shape index (κ1) is 95.2. The number of unbranched alkanes of at least 4 members (excludes halogenated alkanes) is 40. The molecule has 0 radical (unpaired) electrons.